The minimum absolute atomic E-state index is 0.0760. The van der Waals surface area contributed by atoms with E-state index in [1.54, 1.807) is 0 Å². The van der Waals surface area contributed by atoms with Crippen LogP contribution in [-0.4, -0.2) is 10.7 Å². The first-order chi connectivity index (χ1) is 9.39. The summed E-state index contributed by atoms with van der Waals surface area (Å²) in [6.07, 6.45) is 1.02. The van der Waals surface area contributed by atoms with Gasteiger partial charge in [-0.3, -0.25) is 0 Å². The quantitative estimate of drug-likeness (QED) is 0.721. The monoisotopic (exact) mass is 326 g/mol. The molecular formula is C17H27ClN2S. The Morgan fingerprint density at radius 2 is 1.71 bits per heavy atom. The largest absolute Gasteiger partial charge is 0.358 e. The van der Waals surface area contributed by atoms with E-state index in [4.69, 9.17) is 23.8 Å². The molecule has 1 rings (SSSR count). The smallest absolute Gasteiger partial charge is 0.171 e. The van der Waals surface area contributed by atoms with Gasteiger partial charge >= 0.3 is 0 Å². The SMILES string of the molecule is Cc1cc(C)c(NC(=S)NC(C)(C)CC(C)(C)C)c(Cl)c1. The van der Waals surface area contributed by atoms with Crippen molar-refractivity contribution in [2.45, 2.75) is 60.4 Å². The summed E-state index contributed by atoms with van der Waals surface area (Å²) in [5.41, 5.74) is 3.29. The molecule has 0 unspecified atom stereocenters. The molecule has 0 atom stereocenters. The molecule has 0 aliphatic heterocycles. The summed E-state index contributed by atoms with van der Waals surface area (Å²) in [4.78, 5) is 0. The predicted molar refractivity (Wildman–Crippen MR) is 98.4 cm³/mol. The maximum Gasteiger partial charge on any atom is 0.171 e. The third-order valence-corrected chi connectivity index (χ3v) is 3.60. The number of nitrogens with one attached hydrogen (secondary N) is 2. The van der Waals surface area contributed by atoms with Crippen molar-refractivity contribution in [3.63, 3.8) is 0 Å². The van der Waals surface area contributed by atoms with Crippen molar-refractivity contribution < 1.29 is 0 Å². The maximum atomic E-state index is 6.31. The molecule has 0 spiro atoms. The van der Waals surface area contributed by atoms with E-state index in [0.717, 1.165) is 23.2 Å². The van der Waals surface area contributed by atoms with Gasteiger partial charge in [-0.05, 0) is 68.9 Å². The Morgan fingerprint density at radius 3 is 2.19 bits per heavy atom. The lowest BCUT2D eigenvalue weighted by molar-refractivity contribution is 0.268. The molecule has 1 aromatic carbocycles. The highest BCUT2D eigenvalue weighted by molar-refractivity contribution is 7.80. The molecule has 2 nitrogen and oxygen atoms in total. The number of aryl methyl sites for hydroxylation is 2. The van der Waals surface area contributed by atoms with Crippen molar-refractivity contribution in [2.75, 3.05) is 5.32 Å². The van der Waals surface area contributed by atoms with Crippen molar-refractivity contribution in [1.82, 2.24) is 5.32 Å². The molecule has 2 N–H and O–H groups in total. The van der Waals surface area contributed by atoms with Crippen LogP contribution in [0.2, 0.25) is 5.02 Å². The van der Waals surface area contributed by atoms with Crippen LogP contribution in [0.5, 0.6) is 0 Å². The highest BCUT2D eigenvalue weighted by Gasteiger charge is 2.26. The van der Waals surface area contributed by atoms with E-state index in [-0.39, 0.29) is 11.0 Å². The second-order valence-corrected chi connectivity index (χ2v) is 8.45. The molecule has 0 aliphatic carbocycles. The lowest BCUT2D eigenvalue weighted by atomic mass is 9.82. The second-order valence-electron chi connectivity index (χ2n) is 7.64. The van der Waals surface area contributed by atoms with Gasteiger partial charge in [-0.2, -0.15) is 0 Å². The summed E-state index contributed by atoms with van der Waals surface area (Å²) in [5.74, 6) is 0. The van der Waals surface area contributed by atoms with Crippen LogP contribution in [0.1, 0.15) is 52.2 Å². The zero-order valence-electron chi connectivity index (χ0n) is 14.1. The number of hydrogen-bond donors (Lipinski definition) is 2. The Labute approximate surface area is 139 Å². The lowest BCUT2D eigenvalue weighted by Gasteiger charge is -2.34. The first-order valence-electron chi connectivity index (χ1n) is 7.25. The average Bonchev–Trinajstić information content (AvgIpc) is 2.18. The highest BCUT2D eigenvalue weighted by Crippen LogP contribution is 2.29. The minimum atomic E-state index is -0.0760. The molecular weight excluding hydrogens is 300 g/mol. The van der Waals surface area contributed by atoms with E-state index in [1.807, 2.05) is 19.9 Å². The fraction of sp³-hybridized carbons (Fsp3) is 0.588. The zero-order chi connectivity index (χ0) is 16.4. The number of halogens is 1. The molecule has 0 amide bonds. The van der Waals surface area contributed by atoms with Gasteiger partial charge in [-0.1, -0.05) is 38.4 Å². The number of benzene rings is 1. The summed E-state index contributed by atoms with van der Waals surface area (Å²) in [6, 6.07) is 4.04. The molecule has 0 heterocycles. The molecule has 0 radical (unpaired) electrons. The van der Waals surface area contributed by atoms with Gasteiger partial charge in [0.1, 0.15) is 0 Å². The van der Waals surface area contributed by atoms with Crippen molar-refractivity contribution in [3.05, 3.63) is 28.3 Å². The predicted octanol–water partition coefficient (Wildman–Crippen LogP) is 5.46. The minimum Gasteiger partial charge on any atom is -0.358 e. The van der Waals surface area contributed by atoms with Gasteiger partial charge in [0.15, 0.2) is 5.11 Å². The number of rotatable bonds is 3. The molecule has 118 valence electrons. The van der Waals surface area contributed by atoms with Crippen molar-refractivity contribution >= 4 is 34.6 Å². The number of thiocarbonyl (C=S) groups is 1. The van der Waals surface area contributed by atoms with E-state index < -0.39 is 0 Å². The van der Waals surface area contributed by atoms with Crippen LogP contribution < -0.4 is 10.6 Å². The molecule has 1 aromatic rings. The van der Waals surface area contributed by atoms with Crippen LogP contribution in [0.25, 0.3) is 0 Å². The summed E-state index contributed by atoms with van der Waals surface area (Å²) in [6.45, 7) is 15.1. The van der Waals surface area contributed by atoms with Crippen molar-refractivity contribution in [2.24, 2.45) is 5.41 Å². The molecule has 0 fully saturated rings. The Hall–Kier alpha value is -0.800. The molecule has 0 saturated heterocycles. The molecule has 0 saturated carbocycles. The van der Waals surface area contributed by atoms with Gasteiger partial charge in [0.05, 0.1) is 10.7 Å². The van der Waals surface area contributed by atoms with Crippen molar-refractivity contribution in [1.29, 1.82) is 0 Å². The van der Waals surface area contributed by atoms with Crippen LogP contribution in [0.4, 0.5) is 5.69 Å². The molecule has 0 aromatic heterocycles. The summed E-state index contributed by atoms with van der Waals surface area (Å²) in [5, 5.41) is 7.94. The lowest BCUT2D eigenvalue weighted by Crippen LogP contribution is -2.47. The molecule has 4 heteroatoms. The Kier molecular flexibility index (Phi) is 5.68. The zero-order valence-corrected chi connectivity index (χ0v) is 15.7. The fourth-order valence-corrected chi connectivity index (χ4v) is 3.64. The molecule has 21 heavy (non-hydrogen) atoms. The van der Waals surface area contributed by atoms with Gasteiger partial charge in [0.25, 0.3) is 0 Å². The standard InChI is InChI=1S/C17H27ClN2S/c1-11-8-12(2)14(13(18)9-11)19-15(21)20-17(6,7)10-16(3,4)5/h8-9H,10H2,1-7H3,(H2,19,20,21). The molecule has 0 bridgehead atoms. The van der Waals surface area contributed by atoms with Gasteiger partial charge in [0.2, 0.25) is 0 Å². The Balaban J connectivity index is 2.79. The average molecular weight is 327 g/mol. The van der Waals surface area contributed by atoms with Crippen LogP contribution in [0, 0.1) is 19.3 Å². The Morgan fingerprint density at radius 1 is 1.14 bits per heavy atom. The van der Waals surface area contributed by atoms with E-state index in [1.165, 1.54) is 0 Å². The van der Waals surface area contributed by atoms with Crippen LogP contribution in [0.3, 0.4) is 0 Å². The fourth-order valence-electron chi connectivity index (χ4n) is 2.90. The van der Waals surface area contributed by atoms with Crippen LogP contribution in [-0.2, 0) is 0 Å². The maximum absolute atomic E-state index is 6.31. The summed E-state index contributed by atoms with van der Waals surface area (Å²) in [7, 11) is 0. The normalized spacial score (nSPS) is 12.2. The third-order valence-electron chi connectivity index (χ3n) is 3.09. The topological polar surface area (TPSA) is 24.1 Å². The third kappa shape index (κ3) is 6.23. The summed E-state index contributed by atoms with van der Waals surface area (Å²) >= 11 is 11.8. The van der Waals surface area contributed by atoms with Crippen molar-refractivity contribution in [3.8, 4) is 0 Å². The number of hydrogen-bond acceptors (Lipinski definition) is 1. The summed E-state index contributed by atoms with van der Waals surface area (Å²) < 4.78 is 0. The van der Waals surface area contributed by atoms with E-state index in [9.17, 15) is 0 Å². The van der Waals surface area contributed by atoms with Gasteiger partial charge in [-0.15, -0.1) is 0 Å². The van der Waals surface area contributed by atoms with E-state index in [0.29, 0.717) is 10.1 Å². The number of anilines is 1. The van der Waals surface area contributed by atoms with Gasteiger partial charge < -0.3 is 10.6 Å². The first-order valence-corrected chi connectivity index (χ1v) is 8.04. The van der Waals surface area contributed by atoms with Crippen LogP contribution in [0.15, 0.2) is 12.1 Å². The molecule has 0 aliphatic rings. The second kappa shape index (κ2) is 6.53. The Bertz CT molecular complexity index is 507. The first kappa shape index (κ1) is 18.2. The van der Waals surface area contributed by atoms with E-state index >= 15 is 0 Å². The highest BCUT2D eigenvalue weighted by atomic mass is 35.5. The van der Waals surface area contributed by atoms with E-state index in [2.05, 4.69) is 51.3 Å². The van der Waals surface area contributed by atoms with Gasteiger partial charge in [-0.25, -0.2) is 0 Å². The van der Waals surface area contributed by atoms with Gasteiger partial charge in [0, 0.05) is 5.54 Å². The van der Waals surface area contributed by atoms with Crippen LogP contribution >= 0.6 is 23.8 Å².